The zero-order valence-electron chi connectivity index (χ0n) is 16.3. The minimum atomic E-state index is -0.990. The lowest BCUT2D eigenvalue weighted by molar-refractivity contribution is 0.0682. The number of aromatic nitrogens is 5. The van der Waals surface area contributed by atoms with Crippen molar-refractivity contribution in [1.82, 2.24) is 29.7 Å². The second-order valence-corrected chi connectivity index (χ2v) is 7.31. The summed E-state index contributed by atoms with van der Waals surface area (Å²) in [7, 11) is 0. The maximum atomic E-state index is 13.0. The molecule has 1 aliphatic heterocycles. The van der Waals surface area contributed by atoms with Crippen LogP contribution in [0.1, 0.15) is 51.0 Å². The Balaban J connectivity index is 1.44. The second-order valence-electron chi connectivity index (χ2n) is 7.31. The van der Waals surface area contributed by atoms with E-state index in [4.69, 9.17) is 5.11 Å². The number of amides is 1. The topological polar surface area (TPSA) is 106 Å². The molecule has 1 saturated heterocycles. The van der Waals surface area contributed by atoms with E-state index in [0.717, 1.165) is 11.3 Å². The molecule has 9 heteroatoms. The van der Waals surface area contributed by atoms with Gasteiger partial charge in [0.2, 0.25) is 0 Å². The highest BCUT2D eigenvalue weighted by atomic mass is 16.4. The summed E-state index contributed by atoms with van der Waals surface area (Å²) in [6, 6.07) is 7.97. The Bertz CT molecular complexity index is 1040. The number of carbonyl (C=O) groups excluding carboxylic acids is 1. The molecule has 1 N–H and O–H groups in total. The molecule has 9 nitrogen and oxygen atoms in total. The Morgan fingerprint density at radius 3 is 2.41 bits per heavy atom. The number of benzene rings is 1. The Morgan fingerprint density at radius 1 is 1.10 bits per heavy atom. The predicted molar refractivity (Wildman–Crippen MR) is 104 cm³/mol. The van der Waals surface area contributed by atoms with Crippen molar-refractivity contribution in [2.75, 3.05) is 13.1 Å². The van der Waals surface area contributed by atoms with Crippen molar-refractivity contribution in [2.45, 2.75) is 32.7 Å². The number of carboxylic acid groups (broad SMARTS) is 1. The van der Waals surface area contributed by atoms with Gasteiger partial charge in [0.15, 0.2) is 5.69 Å². The molecule has 1 aromatic carbocycles. The van der Waals surface area contributed by atoms with Crippen molar-refractivity contribution in [1.29, 1.82) is 0 Å². The molecule has 0 aliphatic carbocycles. The van der Waals surface area contributed by atoms with E-state index in [9.17, 15) is 9.59 Å². The number of carbonyl (C=O) groups is 2. The van der Waals surface area contributed by atoms with Gasteiger partial charge in [0.25, 0.3) is 5.91 Å². The summed E-state index contributed by atoms with van der Waals surface area (Å²) in [4.78, 5) is 25.8. The highest BCUT2D eigenvalue weighted by molar-refractivity contribution is 5.93. The van der Waals surface area contributed by atoms with E-state index in [-0.39, 0.29) is 17.5 Å². The first-order valence-corrected chi connectivity index (χ1v) is 9.50. The number of aryl methyl sites for hydroxylation is 1. The lowest BCUT2D eigenvalue weighted by atomic mass is 10.0. The standard InChI is InChI=1S/C20H22N6O3/c1-13-3-5-17(6-4-13)26-14(2)18(22-23-26)19(27)24-9-7-16(8-10-24)25-12-15(11-21-25)20(28)29/h3-6,11-12,16H,7-10H2,1-2H3,(H,28,29). The lowest BCUT2D eigenvalue weighted by Crippen LogP contribution is -2.39. The number of piperidine rings is 1. The average Bonchev–Trinajstić information content (AvgIpc) is 3.36. The van der Waals surface area contributed by atoms with Crippen LogP contribution in [-0.4, -0.2) is 59.7 Å². The Morgan fingerprint density at radius 2 is 1.79 bits per heavy atom. The predicted octanol–water partition coefficient (Wildman–Crippen LogP) is 2.26. The van der Waals surface area contributed by atoms with Crippen LogP contribution in [0.2, 0.25) is 0 Å². The van der Waals surface area contributed by atoms with Crippen LogP contribution >= 0.6 is 0 Å². The van der Waals surface area contributed by atoms with Crippen LogP contribution in [0.3, 0.4) is 0 Å². The van der Waals surface area contributed by atoms with E-state index in [1.807, 2.05) is 38.1 Å². The van der Waals surface area contributed by atoms with Crippen molar-refractivity contribution in [3.63, 3.8) is 0 Å². The van der Waals surface area contributed by atoms with E-state index in [0.29, 0.717) is 37.3 Å². The molecule has 0 radical (unpaired) electrons. The van der Waals surface area contributed by atoms with Crippen LogP contribution in [0.5, 0.6) is 0 Å². The van der Waals surface area contributed by atoms with Gasteiger partial charge in [-0.1, -0.05) is 22.9 Å². The van der Waals surface area contributed by atoms with E-state index in [1.54, 1.807) is 20.5 Å². The summed E-state index contributed by atoms with van der Waals surface area (Å²) in [6.07, 6.45) is 4.31. The Labute approximate surface area is 167 Å². The second kappa shape index (κ2) is 7.50. The van der Waals surface area contributed by atoms with E-state index < -0.39 is 5.97 Å². The van der Waals surface area contributed by atoms with Crippen molar-refractivity contribution in [3.05, 3.63) is 59.2 Å². The SMILES string of the molecule is Cc1ccc(-n2nnc(C(=O)N3CCC(n4cc(C(=O)O)cn4)CC3)c2C)cc1. The maximum Gasteiger partial charge on any atom is 0.338 e. The van der Waals surface area contributed by atoms with Gasteiger partial charge in [-0.3, -0.25) is 9.48 Å². The fourth-order valence-corrected chi connectivity index (χ4v) is 3.59. The molecule has 3 aromatic rings. The highest BCUT2D eigenvalue weighted by Crippen LogP contribution is 2.24. The lowest BCUT2D eigenvalue weighted by Gasteiger charge is -2.31. The van der Waals surface area contributed by atoms with Gasteiger partial charge in [-0.25, -0.2) is 9.48 Å². The van der Waals surface area contributed by atoms with E-state index >= 15 is 0 Å². The molecule has 0 atom stereocenters. The molecular weight excluding hydrogens is 372 g/mol. The van der Waals surface area contributed by atoms with Crippen molar-refractivity contribution in [3.8, 4) is 5.69 Å². The van der Waals surface area contributed by atoms with Gasteiger partial charge in [-0.05, 0) is 38.8 Å². The van der Waals surface area contributed by atoms with Gasteiger partial charge < -0.3 is 10.0 Å². The summed E-state index contributed by atoms with van der Waals surface area (Å²) >= 11 is 0. The zero-order valence-corrected chi connectivity index (χ0v) is 16.3. The minimum absolute atomic E-state index is 0.0801. The molecule has 1 aliphatic rings. The van der Waals surface area contributed by atoms with Crippen molar-refractivity contribution >= 4 is 11.9 Å². The van der Waals surface area contributed by atoms with Crippen LogP contribution in [0, 0.1) is 13.8 Å². The average molecular weight is 394 g/mol. The molecule has 1 fully saturated rings. The van der Waals surface area contributed by atoms with Crippen LogP contribution in [0.4, 0.5) is 0 Å². The number of rotatable bonds is 4. The number of nitrogens with zero attached hydrogens (tertiary/aromatic N) is 6. The number of carboxylic acids is 1. The number of aromatic carboxylic acids is 1. The fourth-order valence-electron chi connectivity index (χ4n) is 3.59. The van der Waals surface area contributed by atoms with Crippen LogP contribution in [-0.2, 0) is 0 Å². The molecule has 3 heterocycles. The summed E-state index contributed by atoms with van der Waals surface area (Å²) in [5.41, 5.74) is 3.26. The van der Waals surface area contributed by atoms with Gasteiger partial charge in [-0.2, -0.15) is 5.10 Å². The third-order valence-corrected chi connectivity index (χ3v) is 5.35. The first-order chi connectivity index (χ1) is 13.9. The zero-order chi connectivity index (χ0) is 20.5. The van der Waals surface area contributed by atoms with Crippen LogP contribution in [0.15, 0.2) is 36.7 Å². The number of hydrogen-bond donors (Lipinski definition) is 1. The third kappa shape index (κ3) is 3.63. The number of likely N-dealkylation sites (tertiary alicyclic amines) is 1. The molecule has 0 bridgehead atoms. The molecule has 29 heavy (non-hydrogen) atoms. The fraction of sp³-hybridized carbons (Fsp3) is 0.350. The Hall–Kier alpha value is -3.49. The molecule has 4 rings (SSSR count). The minimum Gasteiger partial charge on any atom is -0.478 e. The van der Waals surface area contributed by atoms with Gasteiger partial charge in [0.1, 0.15) is 0 Å². The first-order valence-electron chi connectivity index (χ1n) is 9.50. The summed E-state index contributed by atoms with van der Waals surface area (Å²) in [5.74, 6) is -1.12. The molecular formula is C20H22N6O3. The first kappa shape index (κ1) is 18.9. The van der Waals surface area contributed by atoms with Gasteiger partial charge in [-0.15, -0.1) is 5.10 Å². The van der Waals surface area contributed by atoms with E-state index in [2.05, 4.69) is 15.4 Å². The van der Waals surface area contributed by atoms with E-state index in [1.165, 1.54) is 6.20 Å². The summed E-state index contributed by atoms with van der Waals surface area (Å²) < 4.78 is 3.36. The van der Waals surface area contributed by atoms with Crippen molar-refractivity contribution in [2.24, 2.45) is 0 Å². The Kier molecular flexibility index (Phi) is 4.87. The molecule has 0 saturated carbocycles. The third-order valence-electron chi connectivity index (χ3n) is 5.35. The molecule has 0 spiro atoms. The highest BCUT2D eigenvalue weighted by Gasteiger charge is 2.28. The molecule has 1 amide bonds. The van der Waals surface area contributed by atoms with Gasteiger partial charge in [0.05, 0.1) is 29.2 Å². The maximum absolute atomic E-state index is 13.0. The molecule has 0 unspecified atom stereocenters. The van der Waals surface area contributed by atoms with Gasteiger partial charge >= 0.3 is 5.97 Å². The van der Waals surface area contributed by atoms with Crippen LogP contribution < -0.4 is 0 Å². The smallest absolute Gasteiger partial charge is 0.338 e. The van der Waals surface area contributed by atoms with Gasteiger partial charge in [0, 0.05) is 19.3 Å². The largest absolute Gasteiger partial charge is 0.478 e. The monoisotopic (exact) mass is 394 g/mol. The summed E-state index contributed by atoms with van der Waals surface area (Å²) in [5, 5.41) is 21.5. The number of hydrogen-bond acceptors (Lipinski definition) is 5. The normalized spacial score (nSPS) is 14.9. The van der Waals surface area contributed by atoms with Crippen LogP contribution in [0.25, 0.3) is 5.69 Å². The summed E-state index contributed by atoms with van der Waals surface area (Å²) in [6.45, 7) is 4.98. The quantitative estimate of drug-likeness (QED) is 0.727. The van der Waals surface area contributed by atoms with Crippen molar-refractivity contribution < 1.29 is 14.7 Å². The molecule has 150 valence electrons. The molecule has 2 aromatic heterocycles.